The van der Waals surface area contributed by atoms with Crippen LogP contribution in [0, 0.1) is 0 Å². The van der Waals surface area contributed by atoms with Gasteiger partial charge in [0.05, 0.1) is 7.11 Å². The molecule has 1 unspecified atom stereocenters. The fourth-order valence-electron chi connectivity index (χ4n) is 2.84. The van der Waals surface area contributed by atoms with Crippen molar-refractivity contribution in [3.05, 3.63) is 59.7 Å². The Morgan fingerprint density at radius 3 is 2.76 bits per heavy atom. The summed E-state index contributed by atoms with van der Waals surface area (Å²) in [6.07, 6.45) is 3.04. The molecule has 3 nitrogen and oxygen atoms in total. The van der Waals surface area contributed by atoms with E-state index in [1.165, 1.54) is 5.56 Å². The number of nitrogens with two attached hydrogens (primary N) is 1. The van der Waals surface area contributed by atoms with Crippen LogP contribution in [0.15, 0.2) is 48.5 Å². The number of hydrogen-bond acceptors (Lipinski definition) is 3. The van der Waals surface area contributed by atoms with Crippen LogP contribution in [0.5, 0.6) is 11.5 Å². The summed E-state index contributed by atoms with van der Waals surface area (Å²) in [5, 5.41) is 0. The van der Waals surface area contributed by atoms with Gasteiger partial charge in [0, 0.05) is 18.0 Å². The summed E-state index contributed by atoms with van der Waals surface area (Å²) in [5.74, 6) is 1.73. The molecule has 3 heteroatoms. The molecule has 3 rings (SSSR count). The summed E-state index contributed by atoms with van der Waals surface area (Å²) in [4.78, 5) is 0. The lowest BCUT2D eigenvalue weighted by molar-refractivity contribution is 0.150. The molecule has 2 aromatic rings. The fourth-order valence-corrected chi connectivity index (χ4v) is 2.84. The third-order valence-corrected chi connectivity index (χ3v) is 4.02. The van der Waals surface area contributed by atoms with Gasteiger partial charge in [0.15, 0.2) is 0 Å². The zero-order valence-electron chi connectivity index (χ0n) is 12.3. The molecule has 0 saturated heterocycles. The van der Waals surface area contributed by atoms with Gasteiger partial charge in [0.25, 0.3) is 0 Å². The Morgan fingerprint density at radius 2 is 2.00 bits per heavy atom. The van der Waals surface area contributed by atoms with E-state index in [0.29, 0.717) is 0 Å². The van der Waals surface area contributed by atoms with Gasteiger partial charge in [-0.15, -0.1) is 0 Å². The number of hydrogen-bond donors (Lipinski definition) is 1. The van der Waals surface area contributed by atoms with Gasteiger partial charge in [-0.25, -0.2) is 0 Å². The van der Waals surface area contributed by atoms with Crippen LogP contribution in [0.3, 0.4) is 0 Å². The van der Waals surface area contributed by atoms with Crippen LogP contribution in [-0.2, 0) is 6.42 Å². The van der Waals surface area contributed by atoms with Crippen LogP contribution in [0.25, 0.3) is 0 Å². The van der Waals surface area contributed by atoms with Crippen molar-refractivity contribution < 1.29 is 9.47 Å². The highest BCUT2D eigenvalue weighted by molar-refractivity contribution is 5.43. The highest BCUT2D eigenvalue weighted by atomic mass is 16.5. The zero-order chi connectivity index (χ0) is 14.7. The molecule has 2 atom stereocenters. The molecular formula is C18H21NO2. The van der Waals surface area contributed by atoms with Crippen molar-refractivity contribution in [1.29, 1.82) is 0 Å². The van der Waals surface area contributed by atoms with E-state index >= 15 is 0 Å². The summed E-state index contributed by atoms with van der Waals surface area (Å²) in [7, 11) is 1.67. The Kier molecular flexibility index (Phi) is 4.11. The smallest absolute Gasteiger partial charge is 0.124 e. The number of aryl methyl sites for hydroxylation is 1. The topological polar surface area (TPSA) is 44.5 Å². The number of benzene rings is 2. The molecule has 0 bridgehead atoms. The lowest BCUT2D eigenvalue weighted by Gasteiger charge is -2.30. The van der Waals surface area contributed by atoms with Gasteiger partial charge in [-0.3, -0.25) is 0 Å². The lowest BCUT2D eigenvalue weighted by Crippen LogP contribution is -2.30. The minimum absolute atomic E-state index is 0.0182. The molecule has 0 aromatic heterocycles. The molecule has 0 radical (unpaired) electrons. The molecule has 1 aliphatic rings. The first kappa shape index (κ1) is 14.0. The number of methoxy groups -OCH3 is 1. The van der Waals surface area contributed by atoms with Crippen LogP contribution in [-0.4, -0.2) is 13.2 Å². The Labute approximate surface area is 125 Å². The maximum Gasteiger partial charge on any atom is 0.124 e. The fraction of sp³-hybridized carbons (Fsp3) is 0.333. The third kappa shape index (κ3) is 3.19. The predicted octanol–water partition coefficient (Wildman–Crippen LogP) is 3.48. The van der Waals surface area contributed by atoms with E-state index in [9.17, 15) is 0 Å². The molecule has 2 aromatic carbocycles. The van der Waals surface area contributed by atoms with Crippen LogP contribution >= 0.6 is 0 Å². The summed E-state index contributed by atoms with van der Waals surface area (Å²) in [5.41, 5.74) is 8.68. The second-order valence-corrected chi connectivity index (χ2v) is 5.51. The van der Waals surface area contributed by atoms with Gasteiger partial charge in [0.2, 0.25) is 0 Å². The minimum atomic E-state index is 0.0182. The van der Waals surface area contributed by atoms with Gasteiger partial charge in [-0.2, -0.15) is 0 Å². The van der Waals surface area contributed by atoms with Crippen LogP contribution in [0.2, 0.25) is 0 Å². The van der Waals surface area contributed by atoms with Crippen molar-refractivity contribution >= 4 is 0 Å². The van der Waals surface area contributed by atoms with E-state index in [1.54, 1.807) is 7.11 Å². The Morgan fingerprint density at radius 1 is 1.19 bits per heavy atom. The largest absolute Gasteiger partial charge is 0.497 e. The molecule has 0 fully saturated rings. The molecule has 1 heterocycles. The molecule has 0 spiro atoms. The zero-order valence-corrected chi connectivity index (χ0v) is 12.3. The summed E-state index contributed by atoms with van der Waals surface area (Å²) in [6.45, 7) is 0. The average molecular weight is 283 g/mol. The number of ether oxygens (including phenoxy) is 2. The molecular weight excluding hydrogens is 262 g/mol. The average Bonchev–Trinajstić information content (AvgIpc) is 2.54. The van der Waals surface area contributed by atoms with Crippen LogP contribution in [0.4, 0.5) is 0 Å². The second kappa shape index (κ2) is 6.19. The van der Waals surface area contributed by atoms with Gasteiger partial charge < -0.3 is 15.2 Å². The minimum Gasteiger partial charge on any atom is -0.497 e. The Balaban J connectivity index is 1.67. The molecule has 0 amide bonds. The van der Waals surface area contributed by atoms with Crippen molar-refractivity contribution in [1.82, 2.24) is 0 Å². The summed E-state index contributed by atoms with van der Waals surface area (Å²) >= 11 is 0. The third-order valence-electron chi connectivity index (χ3n) is 4.02. The molecule has 110 valence electrons. The Bertz CT molecular complexity index is 597. The highest BCUT2D eigenvalue weighted by Gasteiger charge is 2.26. The summed E-state index contributed by atoms with van der Waals surface area (Å²) in [6, 6.07) is 16.4. The van der Waals surface area contributed by atoms with E-state index in [-0.39, 0.29) is 12.1 Å². The van der Waals surface area contributed by atoms with E-state index in [1.807, 2.05) is 24.3 Å². The first-order valence-electron chi connectivity index (χ1n) is 7.40. The molecule has 0 saturated carbocycles. The first-order valence-corrected chi connectivity index (χ1v) is 7.40. The number of fused-ring (bicyclic) bond motifs is 1. The molecule has 1 aliphatic heterocycles. The quantitative estimate of drug-likeness (QED) is 0.934. The van der Waals surface area contributed by atoms with Gasteiger partial charge >= 0.3 is 0 Å². The highest BCUT2D eigenvalue weighted by Crippen LogP contribution is 2.36. The predicted molar refractivity (Wildman–Crippen MR) is 83.7 cm³/mol. The maximum atomic E-state index is 6.29. The molecule has 21 heavy (non-hydrogen) atoms. The monoisotopic (exact) mass is 283 g/mol. The lowest BCUT2D eigenvalue weighted by atomic mass is 9.94. The van der Waals surface area contributed by atoms with Crippen LogP contribution < -0.4 is 15.2 Å². The first-order chi connectivity index (χ1) is 10.3. The van der Waals surface area contributed by atoms with Crippen molar-refractivity contribution in [3.8, 4) is 11.5 Å². The van der Waals surface area contributed by atoms with E-state index in [0.717, 1.165) is 36.3 Å². The maximum absolute atomic E-state index is 6.29. The van der Waals surface area contributed by atoms with Crippen molar-refractivity contribution in [2.24, 2.45) is 5.73 Å². The van der Waals surface area contributed by atoms with Crippen LogP contribution in [0.1, 0.15) is 30.0 Å². The summed E-state index contributed by atoms with van der Waals surface area (Å²) < 4.78 is 11.3. The Hall–Kier alpha value is -2.00. The van der Waals surface area contributed by atoms with E-state index in [2.05, 4.69) is 24.3 Å². The normalized spacial score (nSPS) is 20.5. The number of rotatable bonds is 4. The van der Waals surface area contributed by atoms with Crippen molar-refractivity contribution in [3.63, 3.8) is 0 Å². The second-order valence-electron chi connectivity index (χ2n) is 5.51. The standard InChI is InChI=1S/C18H21NO2/c1-20-14-9-10-18-16(11-14)17(19)12-15(21-18)8-7-13-5-3-2-4-6-13/h2-6,9-11,15,17H,7-8,12,19H2,1H3/t15?,17-/m1/s1. The van der Waals surface area contributed by atoms with Gasteiger partial charge in [0.1, 0.15) is 17.6 Å². The molecule has 0 aliphatic carbocycles. The molecule has 2 N–H and O–H groups in total. The SMILES string of the molecule is COc1ccc2c(c1)[C@H](N)CC(CCc1ccccc1)O2. The van der Waals surface area contributed by atoms with Gasteiger partial charge in [-0.1, -0.05) is 30.3 Å². The van der Waals surface area contributed by atoms with Crippen molar-refractivity contribution in [2.75, 3.05) is 7.11 Å². The van der Waals surface area contributed by atoms with E-state index in [4.69, 9.17) is 15.2 Å². The van der Waals surface area contributed by atoms with Gasteiger partial charge in [-0.05, 0) is 36.6 Å². The van der Waals surface area contributed by atoms with E-state index < -0.39 is 0 Å². The van der Waals surface area contributed by atoms with Crippen molar-refractivity contribution in [2.45, 2.75) is 31.4 Å².